The van der Waals surface area contributed by atoms with E-state index in [1.165, 1.54) is 0 Å². The average molecular weight is 258 g/mol. The normalized spacial score (nSPS) is 11.2. The van der Waals surface area contributed by atoms with E-state index in [0.29, 0.717) is 5.06 Å². The van der Waals surface area contributed by atoms with Crippen molar-refractivity contribution in [1.82, 2.24) is 15.0 Å². The van der Waals surface area contributed by atoms with Crippen molar-refractivity contribution in [2.24, 2.45) is 0 Å². The van der Waals surface area contributed by atoms with Crippen LogP contribution in [0.25, 0.3) is 0 Å². The summed E-state index contributed by atoms with van der Waals surface area (Å²) in [5.41, 5.74) is 4.35. The van der Waals surface area contributed by atoms with Crippen LogP contribution in [0.4, 0.5) is 15.0 Å². The average Bonchev–Trinajstić information content (AvgIpc) is 2.22. The molecule has 1 rings (SSSR count). The second-order valence-corrected chi connectivity index (χ2v) is 4.35. The van der Waals surface area contributed by atoms with Gasteiger partial charge in [0.25, 0.3) is 0 Å². The lowest BCUT2D eigenvalue weighted by atomic mass is 10.0. The third kappa shape index (κ3) is 3.81. The van der Waals surface area contributed by atoms with Gasteiger partial charge in [0.05, 0.1) is 6.20 Å². The lowest BCUT2D eigenvalue weighted by molar-refractivity contribution is -0.0804. The molecule has 1 aromatic rings. The van der Waals surface area contributed by atoms with Crippen molar-refractivity contribution in [2.75, 3.05) is 12.8 Å². The molecule has 100 valence electrons. The molecule has 1 aromatic heterocycles. The zero-order valence-corrected chi connectivity index (χ0v) is 10.3. The van der Waals surface area contributed by atoms with Gasteiger partial charge in [-0.3, -0.25) is 5.21 Å². The molecule has 0 aliphatic heterocycles. The second kappa shape index (κ2) is 5.13. The van der Waals surface area contributed by atoms with Crippen LogP contribution in [0.3, 0.4) is 0 Å². The number of nitrogen functional groups attached to an aromatic ring is 1. The zero-order chi connectivity index (χ0) is 13.9. The van der Waals surface area contributed by atoms with E-state index in [0.717, 1.165) is 13.2 Å². The maximum atomic E-state index is 12.9. The van der Waals surface area contributed by atoms with Gasteiger partial charge in [-0.2, -0.15) is 5.06 Å². The Labute approximate surface area is 103 Å². The number of anilines is 1. The fourth-order valence-electron chi connectivity index (χ4n) is 1.22. The number of hydrogen-bond donors (Lipinski definition) is 2. The minimum atomic E-state index is -0.960. The monoisotopic (exact) mass is 258 g/mol. The van der Waals surface area contributed by atoms with Crippen molar-refractivity contribution in [3.05, 3.63) is 17.8 Å². The summed E-state index contributed by atoms with van der Waals surface area (Å²) in [6.45, 7) is 3.22. The molecule has 0 saturated heterocycles. The number of amides is 1. The number of hydroxylamine groups is 2. The molecular weight excluding hydrogens is 243 g/mol. The van der Waals surface area contributed by atoms with Gasteiger partial charge in [0, 0.05) is 13.5 Å². The smallest absolute Gasteiger partial charge is 0.434 e. The van der Waals surface area contributed by atoms with Gasteiger partial charge in [0.1, 0.15) is 11.4 Å². The van der Waals surface area contributed by atoms with Crippen LogP contribution in [-0.4, -0.2) is 39.0 Å². The highest BCUT2D eigenvalue weighted by molar-refractivity contribution is 5.66. The number of carbonyl (C=O) groups is 1. The summed E-state index contributed by atoms with van der Waals surface area (Å²) in [6.07, 6.45) is 0.181. The Hall–Kier alpha value is -1.96. The molecular formula is C10H15FN4O3. The fourth-order valence-corrected chi connectivity index (χ4v) is 1.22. The SMILES string of the molecule is CN(O)C(=O)OC(C)(C)Cc1ncc(F)c(N)n1. The Morgan fingerprint density at radius 2 is 2.28 bits per heavy atom. The van der Waals surface area contributed by atoms with Crippen LogP contribution >= 0.6 is 0 Å². The van der Waals surface area contributed by atoms with Crippen molar-refractivity contribution in [1.29, 1.82) is 0 Å². The van der Waals surface area contributed by atoms with Gasteiger partial charge in [-0.15, -0.1) is 0 Å². The van der Waals surface area contributed by atoms with Gasteiger partial charge in [-0.1, -0.05) is 0 Å². The molecule has 0 spiro atoms. The molecule has 7 nitrogen and oxygen atoms in total. The standard InChI is InChI=1S/C10H15FN4O3/c1-10(2,18-9(16)15(3)17)4-7-13-5-6(11)8(12)14-7/h5,17H,4H2,1-3H3,(H2,12,13,14). The minimum Gasteiger partial charge on any atom is -0.441 e. The third-order valence-corrected chi connectivity index (χ3v) is 2.03. The highest BCUT2D eigenvalue weighted by atomic mass is 19.1. The van der Waals surface area contributed by atoms with Gasteiger partial charge >= 0.3 is 6.09 Å². The van der Waals surface area contributed by atoms with E-state index in [1.807, 2.05) is 0 Å². The number of nitrogens with zero attached hydrogens (tertiary/aromatic N) is 3. The summed E-state index contributed by atoms with van der Waals surface area (Å²) in [5, 5.41) is 9.21. The first kappa shape index (κ1) is 14.1. The number of ether oxygens (including phenoxy) is 1. The molecule has 1 amide bonds. The molecule has 1 heterocycles. The number of rotatable bonds is 3. The Balaban J connectivity index is 2.75. The predicted molar refractivity (Wildman–Crippen MR) is 60.2 cm³/mol. The largest absolute Gasteiger partial charge is 0.441 e. The Morgan fingerprint density at radius 1 is 1.67 bits per heavy atom. The van der Waals surface area contributed by atoms with Crippen molar-refractivity contribution in [3.8, 4) is 0 Å². The second-order valence-electron chi connectivity index (χ2n) is 4.35. The molecule has 0 unspecified atom stereocenters. The van der Waals surface area contributed by atoms with E-state index in [9.17, 15) is 9.18 Å². The van der Waals surface area contributed by atoms with Gasteiger partial charge in [0.15, 0.2) is 11.6 Å². The van der Waals surface area contributed by atoms with Gasteiger partial charge in [-0.05, 0) is 13.8 Å². The first-order valence-electron chi connectivity index (χ1n) is 5.14. The quantitative estimate of drug-likeness (QED) is 0.619. The summed E-state index contributed by atoms with van der Waals surface area (Å²) >= 11 is 0. The van der Waals surface area contributed by atoms with E-state index in [1.54, 1.807) is 13.8 Å². The van der Waals surface area contributed by atoms with E-state index in [2.05, 4.69) is 9.97 Å². The van der Waals surface area contributed by atoms with Crippen molar-refractivity contribution in [2.45, 2.75) is 25.9 Å². The first-order valence-corrected chi connectivity index (χ1v) is 5.14. The van der Waals surface area contributed by atoms with E-state index in [4.69, 9.17) is 15.7 Å². The number of carbonyl (C=O) groups excluding carboxylic acids is 1. The molecule has 18 heavy (non-hydrogen) atoms. The Kier molecular flexibility index (Phi) is 4.02. The predicted octanol–water partition coefficient (Wildman–Crippen LogP) is 0.977. The molecule has 0 fully saturated rings. The number of nitrogens with two attached hydrogens (primary N) is 1. The molecule has 0 atom stereocenters. The Bertz CT molecular complexity index is 451. The van der Waals surface area contributed by atoms with Crippen LogP contribution in [0.15, 0.2) is 6.20 Å². The minimum absolute atomic E-state index is 0.136. The van der Waals surface area contributed by atoms with Gasteiger partial charge in [-0.25, -0.2) is 19.2 Å². The molecule has 0 radical (unpaired) electrons. The number of aromatic nitrogens is 2. The van der Waals surface area contributed by atoms with Crippen LogP contribution in [0, 0.1) is 5.82 Å². The maximum absolute atomic E-state index is 12.9. The van der Waals surface area contributed by atoms with Crippen molar-refractivity contribution in [3.63, 3.8) is 0 Å². The van der Waals surface area contributed by atoms with Crippen LogP contribution in [0.2, 0.25) is 0 Å². The number of halogens is 1. The van der Waals surface area contributed by atoms with E-state index < -0.39 is 17.5 Å². The third-order valence-electron chi connectivity index (χ3n) is 2.03. The first-order chi connectivity index (χ1) is 8.21. The molecule has 0 bridgehead atoms. The van der Waals surface area contributed by atoms with E-state index in [-0.39, 0.29) is 18.1 Å². The molecule has 3 N–H and O–H groups in total. The molecule has 0 aliphatic carbocycles. The van der Waals surface area contributed by atoms with Crippen LogP contribution < -0.4 is 5.73 Å². The molecule has 8 heteroatoms. The number of hydrogen-bond acceptors (Lipinski definition) is 6. The summed E-state index contributed by atoms with van der Waals surface area (Å²) in [4.78, 5) is 18.7. The van der Waals surface area contributed by atoms with Crippen LogP contribution in [0.5, 0.6) is 0 Å². The lowest BCUT2D eigenvalue weighted by Crippen LogP contribution is -2.36. The van der Waals surface area contributed by atoms with Crippen LogP contribution in [-0.2, 0) is 11.2 Å². The zero-order valence-electron chi connectivity index (χ0n) is 10.3. The maximum Gasteiger partial charge on any atom is 0.434 e. The van der Waals surface area contributed by atoms with Crippen molar-refractivity contribution < 1.29 is 19.1 Å². The van der Waals surface area contributed by atoms with E-state index >= 15 is 0 Å². The molecule has 0 aliphatic rings. The Morgan fingerprint density at radius 3 is 2.78 bits per heavy atom. The van der Waals surface area contributed by atoms with Crippen LogP contribution in [0.1, 0.15) is 19.7 Å². The molecule has 0 saturated carbocycles. The van der Waals surface area contributed by atoms with Crippen molar-refractivity contribution >= 4 is 11.9 Å². The highest BCUT2D eigenvalue weighted by Gasteiger charge is 2.26. The highest BCUT2D eigenvalue weighted by Crippen LogP contribution is 2.17. The summed E-state index contributed by atoms with van der Waals surface area (Å²) in [7, 11) is 1.14. The summed E-state index contributed by atoms with van der Waals surface area (Å²) < 4.78 is 17.9. The topological polar surface area (TPSA) is 102 Å². The lowest BCUT2D eigenvalue weighted by Gasteiger charge is -2.25. The fraction of sp³-hybridized carbons (Fsp3) is 0.500. The summed E-state index contributed by atoms with van der Waals surface area (Å²) in [6, 6.07) is 0. The summed E-state index contributed by atoms with van der Waals surface area (Å²) in [5.74, 6) is -0.725. The van der Waals surface area contributed by atoms with Gasteiger partial charge < -0.3 is 10.5 Å². The van der Waals surface area contributed by atoms with Gasteiger partial charge in [0.2, 0.25) is 0 Å². The molecule has 0 aromatic carbocycles.